The first-order valence-corrected chi connectivity index (χ1v) is 4.34. The molecule has 3 nitrogen and oxygen atoms in total. The topological polar surface area (TPSA) is 35.6 Å². The van der Waals surface area contributed by atoms with E-state index in [4.69, 9.17) is 5.11 Å². The van der Waals surface area contributed by atoms with Crippen molar-refractivity contribution in [2.75, 3.05) is 19.7 Å². The monoisotopic (exact) mass is 175 g/mol. The van der Waals surface area contributed by atoms with E-state index in [-0.39, 0.29) is 0 Å². The first kappa shape index (κ1) is 9.58. The number of halogens is 1. The standard InChI is InChI=1S/C8H16FN2O/c1-6(2)7-3-10-11(4-7)8(9)5-12/h6-8,12H,3-5H2,1-2H3/q+1. The summed E-state index contributed by atoms with van der Waals surface area (Å²) in [5, 5.41) is 12.6. The molecule has 0 saturated carbocycles. The molecule has 12 heavy (non-hydrogen) atoms. The van der Waals surface area contributed by atoms with Crippen LogP contribution in [0.2, 0.25) is 0 Å². The summed E-state index contributed by atoms with van der Waals surface area (Å²) >= 11 is 0. The van der Waals surface area contributed by atoms with Crippen LogP contribution in [0.5, 0.6) is 0 Å². The van der Waals surface area contributed by atoms with E-state index in [2.05, 4.69) is 19.0 Å². The van der Waals surface area contributed by atoms with E-state index in [0.29, 0.717) is 24.9 Å². The van der Waals surface area contributed by atoms with Gasteiger partial charge in [0.25, 0.3) is 0 Å². The molecule has 0 bridgehead atoms. The van der Waals surface area contributed by atoms with Gasteiger partial charge in [0, 0.05) is 5.92 Å². The molecule has 0 aliphatic carbocycles. The molecule has 0 aromatic carbocycles. The summed E-state index contributed by atoms with van der Waals surface area (Å²) < 4.78 is 14.2. The molecule has 1 aliphatic heterocycles. The van der Waals surface area contributed by atoms with Crippen LogP contribution in [-0.4, -0.2) is 35.8 Å². The van der Waals surface area contributed by atoms with Crippen LogP contribution in [0.4, 0.5) is 4.39 Å². The molecule has 2 unspecified atom stereocenters. The molecule has 2 atom stereocenters. The minimum atomic E-state index is -1.31. The van der Waals surface area contributed by atoms with Crippen LogP contribution in [0.1, 0.15) is 13.8 Å². The molecule has 1 rings (SSSR count). The van der Waals surface area contributed by atoms with E-state index in [9.17, 15) is 4.39 Å². The smallest absolute Gasteiger partial charge is 0.339 e. The Hall–Kier alpha value is -0.510. The Kier molecular flexibility index (Phi) is 3.14. The minimum absolute atomic E-state index is 0.440. The molecular weight excluding hydrogens is 159 g/mol. The Bertz CT molecular complexity index is 182. The van der Waals surface area contributed by atoms with Crippen LogP contribution < -0.4 is 0 Å². The van der Waals surface area contributed by atoms with Gasteiger partial charge in [-0.05, 0) is 11.0 Å². The maximum absolute atomic E-state index is 12.9. The molecule has 1 aliphatic rings. The molecule has 0 spiro atoms. The summed E-state index contributed by atoms with van der Waals surface area (Å²) in [5.41, 5.74) is 0. The van der Waals surface area contributed by atoms with Crippen LogP contribution in [-0.2, 0) is 0 Å². The highest BCUT2D eigenvalue weighted by molar-refractivity contribution is 4.65. The number of hydrogen-bond donors (Lipinski definition) is 1. The fraction of sp³-hybridized carbons (Fsp3) is 1.00. The van der Waals surface area contributed by atoms with E-state index in [0.717, 1.165) is 0 Å². The summed E-state index contributed by atoms with van der Waals surface area (Å²) in [6, 6.07) is 0. The molecule has 0 aromatic rings. The molecule has 0 aromatic heterocycles. The SMILES string of the molecule is CC(C)C1CN=[N+](C(F)CO)C1. The van der Waals surface area contributed by atoms with Crippen molar-refractivity contribution in [3.05, 3.63) is 0 Å². The van der Waals surface area contributed by atoms with Gasteiger partial charge in [0.15, 0.2) is 6.54 Å². The van der Waals surface area contributed by atoms with Gasteiger partial charge in [-0.25, -0.2) is 0 Å². The summed E-state index contributed by atoms with van der Waals surface area (Å²) in [4.78, 5) is 0. The quantitative estimate of drug-likeness (QED) is 0.504. The van der Waals surface area contributed by atoms with Crippen molar-refractivity contribution in [2.24, 2.45) is 17.0 Å². The highest BCUT2D eigenvalue weighted by Crippen LogP contribution is 2.18. The minimum Gasteiger partial charge on any atom is -0.386 e. The van der Waals surface area contributed by atoms with Gasteiger partial charge < -0.3 is 5.11 Å². The number of aliphatic hydroxyl groups is 1. The van der Waals surface area contributed by atoms with Gasteiger partial charge in [0.1, 0.15) is 13.2 Å². The van der Waals surface area contributed by atoms with Gasteiger partial charge in [0.05, 0.1) is 0 Å². The van der Waals surface area contributed by atoms with Gasteiger partial charge in [-0.15, -0.1) is 0 Å². The van der Waals surface area contributed by atoms with Crippen LogP contribution in [0, 0.1) is 11.8 Å². The van der Waals surface area contributed by atoms with E-state index in [1.165, 1.54) is 4.70 Å². The Morgan fingerprint density at radius 1 is 1.67 bits per heavy atom. The van der Waals surface area contributed by atoms with Crippen molar-refractivity contribution in [3.8, 4) is 0 Å². The fourth-order valence-corrected chi connectivity index (χ4v) is 1.28. The lowest BCUT2D eigenvalue weighted by atomic mass is 9.97. The van der Waals surface area contributed by atoms with Gasteiger partial charge in [0.2, 0.25) is 0 Å². The maximum Gasteiger partial charge on any atom is 0.339 e. The summed E-state index contributed by atoms with van der Waals surface area (Å²) in [7, 11) is 0. The lowest BCUT2D eigenvalue weighted by molar-refractivity contribution is -0.646. The van der Waals surface area contributed by atoms with Crippen molar-refractivity contribution in [3.63, 3.8) is 0 Å². The molecule has 1 heterocycles. The van der Waals surface area contributed by atoms with Crippen molar-refractivity contribution in [2.45, 2.75) is 20.1 Å². The number of azo groups is 2. The number of alkyl halides is 1. The Labute approximate surface area is 71.9 Å². The zero-order valence-corrected chi connectivity index (χ0v) is 7.57. The predicted octanol–water partition coefficient (Wildman–Crippen LogP) is 1.02. The van der Waals surface area contributed by atoms with Crippen molar-refractivity contribution >= 4 is 0 Å². The lowest BCUT2D eigenvalue weighted by Crippen LogP contribution is -2.26. The number of nitrogens with zero attached hydrogens (tertiary/aromatic N) is 2. The highest BCUT2D eigenvalue weighted by Gasteiger charge is 2.32. The molecule has 70 valence electrons. The van der Waals surface area contributed by atoms with E-state index in [1.807, 2.05) is 0 Å². The van der Waals surface area contributed by atoms with Crippen molar-refractivity contribution in [1.29, 1.82) is 0 Å². The summed E-state index contributed by atoms with van der Waals surface area (Å²) in [5.74, 6) is 0.972. The number of rotatable bonds is 3. The average Bonchev–Trinajstić information content (AvgIpc) is 2.51. The lowest BCUT2D eigenvalue weighted by Gasteiger charge is -2.07. The highest BCUT2D eigenvalue weighted by atomic mass is 19.1. The second-order valence-corrected chi connectivity index (χ2v) is 3.57. The largest absolute Gasteiger partial charge is 0.386 e. The Morgan fingerprint density at radius 2 is 2.33 bits per heavy atom. The maximum atomic E-state index is 12.9. The van der Waals surface area contributed by atoms with E-state index in [1.54, 1.807) is 0 Å². The van der Waals surface area contributed by atoms with Crippen LogP contribution in [0.3, 0.4) is 0 Å². The Morgan fingerprint density at radius 3 is 2.75 bits per heavy atom. The zero-order chi connectivity index (χ0) is 9.14. The zero-order valence-electron chi connectivity index (χ0n) is 7.57. The second kappa shape index (κ2) is 3.94. The van der Waals surface area contributed by atoms with E-state index >= 15 is 0 Å². The molecule has 4 heteroatoms. The van der Waals surface area contributed by atoms with Crippen molar-refractivity contribution < 1.29 is 14.2 Å². The molecular formula is C8H16FN2O+. The van der Waals surface area contributed by atoms with Crippen LogP contribution in [0.25, 0.3) is 0 Å². The molecule has 0 fully saturated rings. The fourth-order valence-electron chi connectivity index (χ4n) is 1.28. The first-order valence-electron chi connectivity index (χ1n) is 4.34. The van der Waals surface area contributed by atoms with Crippen LogP contribution >= 0.6 is 0 Å². The molecule has 0 radical (unpaired) electrons. The summed E-state index contributed by atoms with van der Waals surface area (Å²) in [6.07, 6.45) is -1.31. The van der Waals surface area contributed by atoms with E-state index < -0.39 is 12.9 Å². The normalized spacial score (nSPS) is 26.1. The second-order valence-electron chi connectivity index (χ2n) is 3.57. The third-order valence-corrected chi connectivity index (χ3v) is 2.34. The van der Waals surface area contributed by atoms with Gasteiger partial charge in [-0.2, -0.15) is 4.39 Å². The average molecular weight is 175 g/mol. The number of aliphatic hydroxyl groups excluding tert-OH is 1. The third kappa shape index (κ3) is 2.00. The van der Waals surface area contributed by atoms with Crippen LogP contribution in [0.15, 0.2) is 5.11 Å². The van der Waals surface area contributed by atoms with Gasteiger partial charge >= 0.3 is 6.30 Å². The summed E-state index contributed by atoms with van der Waals surface area (Å²) in [6.45, 7) is 5.08. The van der Waals surface area contributed by atoms with Gasteiger partial charge in [-0.3, -0.25) is 0 Å². The van der Waals surface area contributed by atoms with Crippen molar-refractivity contribution in [1.82, 2.24) is 0 Å². The Balaban J connectivity index is 2.43. The molecule has 0 amide bonds. The van der Waals surface area contributed by atoms with Gasteiger partial charge in [-0.1, -0.05) is 18.5 Å². The predicted molar refractivity (Wildman–Crippen MR) is 42.7 cm³/mol. The molecule has 1 N–H and O–H groups in total. The first-order chi connectivity index (χ1) is 5.65. The molecule has 0 saturated heterocycles. The number of hydrogen-bond acceptors (Lipinski definition) is 2. The third-order valence-electron chi connectivity index (χ3n) is 2.34.